The summed E-state index contributed by atoms with van der Waals surface area (Å²) >= 11 is 0. The highest BCUT2D eigenvalue weighted by molar-refractivity contribution is 5.97. The molecule has 164 valence electrons. The van der Waals surface area contributed by atoms with Crippen LogP contribution in [0.4, 0.5) is 0 Å². The SMILES string of the molecule is CCOCCOC1=NCc2cc(CC(=O)C[C@@H](c3ccccc3)C3(O)CCC3)ncc21. The Bertz CT molecular complexity index is 938. The Kier molecular flexibility index (Phi) is 6.78. The van der Waals surface area contributed by atoms with Crippen LogP contribution in [0.3, 0.4) is 0 Å². The average molecular weight is 423 g/mol. The van der Waals surface area contributed by atoms with E-state index in [-0.39, 0.29) is 18.1 Å². The number of nitrogens with zero attached hydrogens (tertiary/aromatic N) is 2. The molecule has 1 aliphatic heterocycles. The number of pyridine rings is 1. The summed E-state index contributed by atoms with van der Waals surface area (Å²) in [6.45, 7) is 4.13. The number of ketones is 1. The summed E-state index contributed by atoms with van der Waals surface area (Å²) in [7, 11) is 0. The molecule has 0 radical (unpaired) electrons. The van der Waals surface area contributed by atoms with E-state index < -0.39 is 5.60 Å². The van der Waals surface area contributed by atoms with Gasteiger partial charge in [-0.3, -0.25) is 9.78 Å². The van der Waals surface area contributed by atoms with Gasteiger partial charge in [-0.05, 0) is 43.4 Å². The van der Waals surface area contributed by atoms with Crippen LogP contribution in [0, 0.1) is 0 Å². The Labute approximate surface area is 183 Å². The van der Waals surface area contributed by atoms with Crippen molar-refractivity contribution in [3.8, 4) is 0 Å². The minimum atomic E-state index is -0.774. The molecule has 1 fully saturated rings. The lowest BCUT2D eigenvalue weighted by atomic mass is 9.67. The molecule has 1 aromatic carbocycles. The summed E-state index contributed by atoms with van der Waals surface area (Å²) < 4.78 is 11.0. The fourth-order valence-electron chi connectivity index (χ4n) is 4.37. The first-order chi connectivity index (χ1) is 15.1. The second-order valence-corrected chi connectivity index (χ2v) is 8.34. The lowest BCUT2D eigenvalue weighted by Gasteiger charge is -2.43. The topological polar surface area (TPSA) is 81.0 Å². The number of Topliss-reactive ketones (excluding diaryl/α,β-unsaturated/α-hetero) is 1. The van der Waals surface area contributed by atoms with E-state index in [0.29, 0.717) is 38.7 Å². The molecular weight excluding hydrogens is 392 g/mol. The Hall–Kier alpha value is -2.57. The van der Waals surface area contributed by atoms with Crippen LogP contribution < -0.4 is 0 Å². The van der Waals surface area contributed by atoms with Crippen molar-refractivity contribution in [1.29, 1.82) is 0 Å². The molecule has 0 amide bonds. The maximum atomic E-state index is 12.9. The van der Waals surface area contributed by atoms with Gasteiger partial charge in [-0.2, -0.15) is 0 Å². The molecule has 0 spiro atoms. The average Bonchev–Trinajstić information content (AvgIpc) is 3.16. The molecular formula is C25H30N2O4. The standard InChI is InChI=1S/C25H30N2O4/c1-2-30-11-12-31-24-22-17-26-20(13-19(22)16-27-24)14-21(28)15-23(25(29)9-6-10-25)18-7-4-3-5-8-18/h3-5,7-8,13,17,23,29H,2,6,9-12,14-16H2,1H3/t23-/m0/s1. The second-order valence-electron chi connectivity index (χ2n) is 8.34. The summed E-state index contributed by atoms with van der Waals surface area (Å²) in [6, 6.07) is 11.8. The maximum Gasteiger partial charge on any atom is 0.218 e. The van der Waals surface area contributed by atoms with Crippen molar-refractivity contribution in [2.75, 3.05) is 19.8 Å². The fraction of sp³-hybridized carbons (Fsp3) is 0.480. The highest BCUT2D eigenvalue weighted by atomic mass is 16.5. The van der Waals surface area contributed by atoms with Gasteiger partial charge in [-0.25, -0.2) is 4.99 Å². The van der Waals surface area contributed by atoms with Crippen LogP contribution in [-0.2, 0) is 27.2 Å². The summed E-state index contributed by atoms with van der Waals surface area (Å²) in [6.07, 6.45) is 4.84. The predicted molar refractivity (Wildman–Crippen MR) is 118 cm³/mol. The van der Waals surface area contributed by atoms with Crippen molar-refractivity contribution in [2.24, 2.45) is 4.99 Å². The smallest absolute Gasteiger partial charge is 0.218 e. The Balaban J connectivity index is 1.39. The van der Waals surface area contributed by atoms with Crippen LogP contribution >= 0.6 is 0 Å². The molecule has 4 rings (SSSR count). The third-order valence-corrected chi connectivity index (χ3v) is 6.22. The fourth-order valence-corrected chi connectivity index (χ4v) is 4.37. The molecule has 1 aromatic heterocycles. The summed E-state index contributed by atoms with van der Waals surface area (Å²) in [5, 5.41) is 11.0. The molecule has 2 aliphatic rings. The number of aliphatic hydroxyl groups is 1. The lowest BCUT2D eigenvalue weighted by molar-refractivity contribution is -0.122. The van der Waals surface area contributed by atoms with Gasteiger partial charge in [0.2, 0.25) is 5.90 Å². The van der Waals surface area contributed by atoms with Gasteiger partial charge >= 0.3 is 0 Å². The van der Waals surface area contributed by atoms with E-state index >= 15 is 0 Å². The summed E-state index contributed by atoms with van der Waals surface area (Å²) in [5.41, 5.74) is 2.91. The van der Waals surface area contributed by atoms with Gasteiger partial charge in [0.05, 0.1) is 24.3 Å². The molecule has 0 bridgehead atoms. The normalized spacial score (nSPS) is 17.4. The molecule has 6 heteroatoms. The Morgan fingerprint density at radius 1 is 1.23 bits per heavy atom. The van der Waals surface area contributed by atoms with Gasteiger partial charge in [0.1, 0.15) is 12.4 Å². The third kappa shape index (κ3) is 5.02. The minimum Gasteiger partial charge on any atom is -0.475 e. The van der Waals surface area contributed by atoms with Crippen molar-refractivity contribution in [2.45, 2.75) is 57.1 Å². The number of fused-ring (bicyclic) bond motifs is 1. The summed E-state index contributed by atoms with van der Waals surface area (Å²) in [5.74, 6) is 0.517. The molecule has 31 heavy (non-hydrogen) atoms. The first-order valence-electron chi connectivity index (χ1n) is 11.1. The van der Waals surface area contributed by atoms with E-state index in [4.69, 9.17) is 9.47 Å². The van der Waals surface area contributed by atoms with Crippen molar-refractivity contribution in [3.05, 3.63) is 65.0 Å². The molecule has 0 unspecified atom stereocenters. The zero-order valence-corrected chi connectivity index (χ0v) is 18.0. The molecule has 1 atom stereocenters. The molecule has 0 saturated heterocycles. The number of hydrogen-bond acceptors (Lipinski definition) is 6. The Morgan fingerprint density at radius 2 is 2.03 bits per heavy atom. The number of carbonyl (C=O) groups excluding carboxylic acids is 1. The van der Waals surface area contributed by atoms with Gasteiger partial charge in [0.15, 0.2) is 0 Å². The van der Waals surface area contributed by atoms with Crippen molar-refractivity contribution < 1.29 is 19.4 Å². The zero-order chi connectivity index (χ0) is 21.7. The lowest BCUT2D eigenvalue weighted by Crippen LogP contribution is -2.44. The van der Waals surface area contributed by atoms with E-state index in [0.717, 1.165) is 41.6 Å². The number of carbonyl (C=O) groups is 1. The largest absolute Gasteiger partial charge is 0.475 e. The van der Waals surface area contributed by atoms with Crippen LogP contribution in [0.5, 0.6) is 0 Å². The van der Waals surface area contributed by atoms with E-state index in [9.17, 15) is 9.90 Å². The molecule has 6 nitrogen and oxygen atoms in total. The number of rotatable bonds is 10. The minimum absolute atomic E-state index is 0.0914. The molecule has 2 aromatic rings. The van der Waals surface area contributed by atoms with Crippen LogP contribution in [0.25, 0.3) is 0 Å². The molecule has 1 N–H and O–H groups in total. The van der Waals surface area contributed by atoms with Crippen LogP contribution in [-0.4, -0.2) is 47.2 Å². The summed E-state index contributed by atoms with van der Waals surface area (Å²) in [4.78, 5) is 21.9. The van der Waals surface area contributed by atoms with Gasteiger partial charge in [-0.15, -0.1) is 0 Å². The number of benzene rings is 1. The van der Waals surface area contributed by atoms with Gasteiger partial charge in [0.25, 0.3) is 0 Å². The van der Waals surface area contributed by atoms with Gasteiger partial charge in [0, 0.05) is 37.3 Å². The highest BCUT2D eigenvalue weighted by Gasteiger charge is 2.43. The highest BCUT2D eigenvalue weighted by Crippen LogP contribution is 2.45. The van der Waals surface area contributed by atoms with E-state index in [1.807, 2.05) is 43.3 Å². The van der Waals surface area contributed by atoms with Crippen LogP contribution in [0.1, 0.15) is 60.9 Å². The third-order valence-electron chi connectivity index (χ3n) is 6.22. The molecule has 1 saturated carbocycles. The molecule has 1 aliphatic carbocycles. The number of aliphatic imine (C=N–C) groups is 1. The quantitative estimate of drug-likeness (QED) is 0.592. The number of ether oxygens (including phenoxy) is 2. The number of hydrogen-bond donors (Lipinski definition) is 1. The zero-order valence-electron chi connectivity index (χ0n) is 18.0. The van der Waals surface area contributed by atoms with Crippen LogP contribution in [0.15, 0.2) is 47.6 Å². The maximum absolute atomic E-state index is 12.9. The predicted octanol–water partition coefficient (Wildman–Crippen LogP) is 3.60. The van der Waals surface area contributed by atoms with Gasteiger partial charge < -0.3 is 14.6 Å². The molecule has 2 heterocycles. The first-order valence-corrected chi connectivity index (χ1v) is 11.1. The van der Waals surface area contributed by atoms with E-state index in [1.165, 1.54) is 0 Å². The van der Waals surface area contributed by atoms with Crippen molar-refractivity contribution in [1.82, 2.24) is 4.98 Å². The second kappa shape index (κ2) is 9.71. The van der Waals surface area contributed by atoms with Crippen LogP contribution in [0.2, 0.25) is 0 Å². The van der Waals surface area contributed by atoms with Gasteiger partial charge in [-0.1, -0.05) is 30.3 Å². The first kappa shape index (κ1) is 21.7. The van der Waals surface area contributed by atoms with E-state index in [2.05, 4.69) is 9.98 Å². The van der Waals surface area contributed by atoms with Crippen molar-refractivity contribution in [3.63, 3.8) is 0 Å². The monoisotopic (exact) mass is 422 g/mol. The van der Waals surface area contributed by atoms with E-state index in [1.54, 1.807) is 6.20 Å². The number of aromatic nitrogens is 1. The Morgan fingerprint density at radius 3 is 2.74 bits per heavy atom. The van der Waals surface area contributed by atoms with Crippen molar-refractivity contribution >= 4 is 11.7 Å².